The maximum atomic E-state index is 12.8. The van der Waals surface area contributed by atoms with Crippen LogP contribution in [0.1, 0.15) is 12.5 Å². The van der Waals surface area contributed by atoms with Crippen LogP contribution < -0.4 is 5.48 Å². The maximum absolute atomic E-state index is 12.8. The second kappa shape index (κ2) is 4.79. The van der Waals surface area contributed by atoms with Crippen LogP contribution in [-0.2, 0) is 11.4 Å². The van der Waals surface area contributed by atoms with Crippen molar-refractivity contribution in [2.75, 3.05) is 6.61 Å². The number of phenolic OH excluding ortho intramolecular Hbond substituents is 1. The summed E-state index contributed by atoms with van der Waals surface area (Å²) >= 11 is 0. The van der Waals surface area contributed by atoms with Gasteiger partial charge in [0.1, 0.15) is 0 Å². The smallest absolute Gasteiger partial charge is 0.165 e. The zero-order valence-electron chi connectivity index (χ0n) is 7.38. The third-order valence-corrected chi connectivity index (χ3v) is 1.53. The van der Waals surface area contributed by atoms with E-state index in [1.165, 1.54) is 12.1 Å². The average Bonchev–Trinajstić information content (AvgIpc) is 2.12. The van der Waals surface area contributed by atoms with Crippen LogP contribution in [0.15, 0.2) is 18.2 Å². The van der Waals surface area contributed by atoms with E-state index in [0.717, 1.165) is 5.56 Å². The first kappa shape index (κ1) is 9.95. The summed E-state index contributed by atoms with van der Waals surface area (Å²) in [5.74, 6) is -0.948. The molecule has 0 heterocycles. The van der Waals surface area contributed by atoms with E-state index in [-0.39, 0.29) is 5.75 Å². The van der Waals surface area contributed by atoms with Crippen molar-refractivity contribution >= 4 is 0 Å². The zero-order valence-corrected chi connectivity index (χ0v) is 7.38. The predicted molar refractivity (Wildman–Crippen MR) is 46.5 cm³/mol. The number of hydroxylamine groups is 1. The van der Waals surface area contributed by atoms with Gasteiger partial charge >= 0.3 is 0 Å². The standard InChI is InChI=1S/C9H12FNO2/c1-2-13-11-6-7-3-4-9(12)8(10)5-7/h3-5,11-12H,2,6H2,1H3. The molecule has 13 heavy (non-hydrogen) atoms. The minimum absolute atomic E-state index is 0.333. The van der Waals surface area contributed by atoms with E-state index < -0.39 is 5.82 Å². The van der Waals surface area contributed by atoms with Crippen LogP contribution >= 0.6 is 0 Å². The molecule has 1 rings (SSSR count). The summed E-state index contributed by atoms with van der Waals surface area (Å²) < 4.78 is 12.8. The fourth-order valence-electron chi connectivity index (χ4n) is 0.897. The minimum Gasteiger partial charge on any atom is -0.505 e. The SMILES string of the molecule is CCONCc1ccc(O)c(F)c1. The summed E-state index contributed by atoms with van der Waals surface area (Å²) in [5, 5.41) is 8.89. The Balaban J connectivity index is 2.53. The molecular weight excluding hydrogens is 173 g/mol. The molecule has 0 bridgehead atoms. The van der Waals surface area contributed by atoms with Gasteiger partial charge in [-0.05, 0) is 24.6 Å². The van der Waals surface area contributed by atoms with E-state index in [9.17, 15) is 4.39 Å². The van der Waals surface area contributed by atoms with E-state index in [1.54, 1.807) is 6.07 Å². The summed E-state index contributed by atoms with van der Waals surface area (Å²) in [7, 11) is 0. The molecule has 1 aromatic carbocycles. The van der Waals surface area contributed by atoms with Gasteiger partial charge in [-0.15, -0.1) is 0 Å². The molecule has 72 valence electrons. The molecule has 0 saturated heterocycles. The lowest BCUT2D eigenvalue weighted by Gasteiger charge is -2.04. The van der Waals surface area contributed by atoms with Crippen LogP contribution in [0.3, 0.4) is 0 Å². The molecule has 0 aromatic heterocycles. The molecule has 0 fully saturated rings. The number of phenols is 1. The molecule has 0 amide bonds. The van der Waals surface area contributed by atoms with Crippen molar-refractivity contribution in [3.8, 4) is 5.75 Å². The first-order valence-electron chi connectivity index (χ1n) is 4.06. The third-order valence-electron chi connectivity index (χ3n) is 1.53. The fraction of sp³-hybridized carbons (Fsp3) is 0.333. The van der Waals surface area contributed by atoms with Crippen molar-refractivity contribution in [1.82, 2.24) is 5.48 Å². The second-order valence-electron chi connectivity index (χ2n) is 2.54. The molecule has 0 unspecified atom stereocenters. The molecule has 0 radical (unpaired) electrons. The topological polar surface area (TPSA) is 41.5 Å². The first-order valence-corrected chi connectivity index (χ1v) is 4.06. The molecule has 0 aliphatic rings. The van der Waals surface area contributed by atoms with Gasteiger partial charge in [0.2, 0.25) is 0 Å². The van der Waals surface area contributed by atoms with Crippen molar-refractivity contribution in [1.29, 1.82) is 0 Å². The van der Waals surface area contributed by atoms with E-state index >= 15 is 0 Å². The molecule has 4 heteroatoms. The highest BCUT2D eigenvalue weighted by Crippen LogP contribution is 2.15. The first-order chi connectivity index (χ1) is 6.24. The fourth-order valence-corrected chi connectivity index (χ4v) is 0.897. The molecule has 0 atom stereocenters. The number of aromatic hydroxyl groups is 1. The number of nitrogens with one attached hydrogen (secondary N) is 1. The Kier molecular flexibility index (Phi) is 3.67. The average molecular weight is 185 g/mol. The summed E-state index contributed by atoms with van der Waals surface area (Å²) in [4.78, 5) is 4.87. The Labute approximate surface area is 76.1 Å². The number of hydrogen-bond acceptors (Lipinski definition) is 3. The van der Waals surface area contributed by atoms with E-state index in [0.29, 0.717) is 13.2 Å². The van der Waals surface area contributed by atoms with Crippen LogP contribution in [0, 0.1) is 5.82 Å². The maximum Gasteiger partial charge on any atom is 0.165 e. The molecule has 0 aliphatic carbocycles. The molecule has 1 aromatic rings. The molecule has 0 spiro atoms. The lowest BCUT2D eigenvalue weighted by atomic mass is 10.2. The Morgan fingerprint density at radius 2 is 2.31 bits per heavy atom. The predicted octanol–water partition coefficient (Wildman–Crippen LogP) is 1.57. The normalized spacial score (nSPS) is 10.3. The monoisotopic (exact) mass is 185 g/mol. The molecule has 2 N–H and O–H groups in total. The van der Waals surface area contributed by atoms with Crippen LogP contribution in [-0.4, -0.2) is 11.7 Å². The Morgan fingerprint density at radius 3 is 2.92 bits per heavy atom. The van der Waals surface area contributed by atoms with Gasteiger partial charge < -0.3 is 9.94 Å². The van der Waals surface area contributed by atoms with Gasteiger partial charge in [0, 0.05) is 6.54 Å². The molecule has 3 nitrogen and oxygen atoms in total. The summed E-state index contributed by atoms with van der Waals surface area (Å²) in [6, 6.07) is 4.21. The number of hydrogen-bond donors (Lipinski definition) is 2. The number of halogens is 1. The van der Waals surface area contributed by atoms with Gasteiger partial charge in [-0.25, -0.2) is 4.39 Å². The van der Waals surface area contributed by atoms with E-state index in [2.05, 4.69) is 5.48 Å². The number of rotatable bonds is 4. The minimum atomic E-state index is -0.615. The van der Waals surface area contributed by atoms with E-state index in [1.807, 2.05) is 6.92 Å². The van der Waals surface area contributed by atoms with Crippen LogP contribution in [0.4, 0.5) is 4.39 Å². The van der Waals surface area contributed by atoms with Crippen molar-refractivity contribution in [2.24, 2.45) is 0 Å². The van der Waals surface area contributed by atoms with E-state index in [4.69, 9.17) is 9.94 Å². The summed E-state index contributed by atoms with van der Waals surface area (Å²) in [6.45, 7) is 2.83. The summed E-state index contributed by atoms with van der Waals surface area (Å²) in [5.41, 5.74) is 3.38. The Hall–Kier alpha value is -1.13. The van der Waals surface area contributed by atoms with Crippen molar-refractivity contribution in [3.05, 3.63) is 29.6 Å². The van der Waals surface area contributed by atoms with Crippen LogP contribution in [0.2, 0.25) is 0 Å². The Bertz CT molecular complexity index is 278. The van der Waals surface area contributed by atoms with Crippen LogP contribution in [0.5, 0.6) is 5.75 Å². The van der Waals surface area contributed by atoms with Gasteiger partial charge in [-0.3, -0.25) is 0 Å². The highest BCUT2D eigenvalue weighted by Gasteiger charge is 2.00. The Morgan fingerprint density at radius 1 is 1.54 bits per heavy atom. The highest BCUT2D eigenvalue weighted by molar-refractivity contribution is 5.27. The molecule has 0 saturated carbocycles. The largest absolute Gasteiger partial charge is 0.505 e. The summed E-state index contributed by atoms with van der Waals surface area (Å²) in [6.07, 6.45) is 0. The van der Waals surface area contributed by atoms with Crippen LogP contribution in [0.25, 0.3) is 0 Å². The van der Waals surface area contributed by atoms with Gasteiger partial charge in [0.25, 0.3) is 0 Å². The highest BCUT2D eigenvalue weighted by atomic mass is 19.1. The molecular formula is C9H12FNO2. The zero-order chi connectivity index (χ0) is 9.68. The second-order valence-corrected chi connectivity index (χ2v) is 2.54. The van der Waals surface area contributed by atoms with Gasteiger partial charge in [0.15, 0.2) is 11.6 Å². The van der Waals surface area contributed by atoms with Gasteiger partial charge in [-0.1, -0.05) is 6.07 Å². The lowest BCUT2D eigenvalue weighted by Crippen LogP contribution is -2.13. The number of benzene rings is 1. The van der Waals surface area contributed by atoms with Gasteiger partial charge in [-0.2, -0.15) is 5.48 Å². The van der Waals surface area contributed by atoms with Crippen molar-refractivity contribution in [3.63, 3.8) is 0 Å². The third kappa shape index (κ3) is 3.01. The quantitative estimate of drug-likeness (QED) is 0.552. The van der Waals surface area contributed by atoms with Gasteiger partial charge in [0.05, 0.1) is 6.61 Å². The van der Waals surface area contributed by atoms with Crippen molar-refractivity contribution < 1.29 is 14.3 Å². The van der Waals surface area contributed by atoms with Crippen molar-refractivity contribution in [2.45, 2.75) is 13.5 Å². The lowest BCUT2D eigenvalue weighted by molar-refractivity contribution is 0.0463. The molecule has 0 aliphatic heterocycles.